The second kappa shape index (κ2) is 9.06. The lowest BCUT2D eigenvalue weighted by Gasteiger charge is -2.22. The molecule has 1 atom stereocenters. The van der Waals surface area contributed by atoms with E-state index in [1.165, 1.54) is 19.1 Å². The van der Waals surface area contributed by atoms with Crippen molar-refractivity contribution in [2.45, 2.75) is 20.1 Å². The summed E-state index contributed by atoms with van der Waals surface area (Å²) in [5.41, 5.74) is 3.31. The minimum atomic E-state index is -3.79. The average Bonchev–Trinajstić information content (AvgIpc) is 3.01. The van der Waals surface area contributed by atoms with E-state index in [2.05, 4.69) is 4.98 Å². The second-order valence-electron chi connectivity index (χ2n) is 8.04. The van der Waals surface area contributed by atoms with Crippen molar-refractivity contribution in [3.63, 3.8) is 0 Å². The van der Waals surface area contributed by atoms with Crippen LogP contribution in [0.2, 0.25) is 0 Å². The normalized spacial score (nSPS) is 15.2. The molecule has 1 amide bonds. The Morgan fingerprint density at radius 1 is 1.21 bits per heavy atom. The van der Waals surface area contributed by atoms with Gasteiger partial charge >= 0.3 is 0 Å². The van der Waals surface area contributed by atoms with Crippen LogP contribution in [0.1, 0.15) is 27.2 Å². The Kier molecular flexibility index (Phi) is 6.34. The lowest BCUT2D eigenvalue weighted by Crippen LogP contribution is -2.33. The van der Waals surface area contributed by atoms with Gasteiger partial charge in [-0.25, -0.2) is 4.39 Å². The van der Waals surface area contributed by atoms with Gasteiger partial charge in [-0.3, -0.25) is 14.3 Å². The van der Waals surface area contributed by atoms with Crippen LogP contribution >= 0.6 is 7.37 Å². The number of aliphatic hydroxyl groups is 1. The number of hydrogen-bond donors (Lipinski definition) is 2. The first kappa shape index (κ1) is 23.1. The van der Waals surface area contributed by atoms with E-state index in [9.17, 15) is 23.7 Å². The Hall–Kier alpha value is -3.06. The largest absolute Gasteiger partial charge is 0.491 e. The van der Waals surface area contributed by atoms with E-state index >= 15 is 0 Å². The zero-order valence-corrected chi connectivity index (χ0v) is 19.2. The Morgan fingerprint density at radius 2 is 1.97 bits per heavy atom. The molecule has 0 aliphatic carbocycles. The fraction of sp³-hybridized carbons (Fsp3) is 0.250. The minimum Gasteiger partial charge on any atom is -0.491 e. The number of halogens is 1. The molecular formula is C24H24FN2O5P. The third kappa shape index (κ3) is 4.69. The molecule has 2 N–H and O–H groups in total. The summed E-state index contributed by atoms with van der Waals surface area (Å²) in [6.07, 6.45) is 1.68. The van der Waals surface area contributed by atoms with Crippen molar-refractivity contribution in [1.29, 1.82) is 0 Å². The maximum absolute atomic E-state index is 14.8. The van der Waals surface area contributed by atoms with Gasteiger partial charge in [-0.2, -0.15) is 0 Å². The van der Waals surface area contributed by atoms with Gasteiger partial charge in [-0.15, -0.1) is 0 Å². The van der Waals surface area contributed by atoms with Crippen LogP contribution in [0.25, 0.3) is 11.1 Å². The third-order valence-corrected chi connectivity index (χ3v) is 6.93. The van der Waals surface area contributed by atoms with E-state index < -0.39 is 13.2 Å². The van der Waals surface area contributed by atoms with Crippen LogP contribution in [-0.4, -0.2) is 45.6 Å². The van der Waals surface area contributed by atoms with E-state index in [1.54, 1.807) is 17.2 Å². The summed E-state index contributed by atoms with van der Waals surface area (Å²) in [5.74, 6) is -0.543. The SMILES string of the molecule is Cc1c(C(=O)N2CCOc3ccc(-c4ccc(CO)nc4)cc3C2)ccc(P(C)(=O)O)c1F. The van der Waals surface area contributed by atoms with Crippen molar-refractivity contribution in [2.75, 3.05) is 19.8 Å². The summed E-state index contributed by atoms with van der Waals surface area (Å²) in [6.45, 7) is 3.23. The van der Waals surface area contributed by atoms with Crippen LogP contribution < -0.4 is 10.0 Å². The lowest BCUT2D eigenvalue weighted by molar-refractivity contribution is 0.0732. The van der Waals surface area contributed by atoms with Gasteiger partial charge in [0.15, 0.2) is 0 Å². The van der Waals surface area contributed by atoms with Crippen LogP contribution in [0.5, 0.6) is 5.75 Å². The molecule has 0 spiro atoms. The molecule has 0 saturated carbocycles. The van der Waals surface area contributed by atoms with E-state index in [-0.39, 0.29) is 42.1 Å². The highest BCUT2D eigenvalue weighted by molar-refractivity contribution is 7.65. The standard InChI is InChI=1S/C24H24FN2O5P/c1-15-20(6-8-22(23(15)25)33(2,30)31)24(29)27-9-10-32-21-7-4-16(11-18(21)13-27)17-3-5-19(14-28)26-12-17/h3-8,11-12,28H,9-10,13-14H2,1-2H3,(H,30,31). The number of nitrogens with zero attached hydrogens (tertiary/aromatic N) is 2. The number of carbonyl (C=O) groups excluding carboxylic acids is 1. The number of aromatic nitrogens is 1. The van der Waals surface area contributed by atoms with Crippen molar-refractivity contribution in [1.82, 2.24) is 9.88 Å². The molecule has 3 aromatic rings. The van der Waals surface area contributed by atoms with Gasteiger partial charge in [-0.05, 0) is 48.4 Å². The molecule has 7 nitrogen and oxygen atoms in total. The number of ether oxygens (including phenoxy) is 1. The van der Waals surface area contributed by atoms with Crippen LogP contribution in [0, 0.1) is 12.7 Å². The molecule has 9 heteroatoms. The minimum absolute atomic E-state index is 0.0443. The number of fused-ring (bicyclic) bond motifs is 1. The predicted octanol–water partition coefficient (Wildman–Crippen LogP) is 3.25. The molecule has 1 aromatic heterocycles. The molecule has 33 heavy (non-hydrogen) atoms. The third-order valence-electron chi connectivity index (χ3n) is 5.69. The molecule has 172 valence electrons. The summed E-state index contributed by atoms with van der Waals surface area (Å²) >= 11 is 0. The number of hydrogen-bond acceptors (Lipinski definition) is 5. The van der Waals surface area contributed by atoms with Crippen LogP contribution in [-0.2, 0) is 17.7 Å². The monoisotopic (exact) mass is 470 g/mol. The van der Waals surface area contributed by atoms with Crippen molar-refractivity contribution in [2.24, 2.45) is 0 Å². The zero-order valence-electron chi connectivity index (χ0n) is 18.3. The van der Waals surface area contributed by atoms with Crippen LogP contribution in [0.15, 0.2) is 48.7 Å². The van der Waals surface area contributed by atoms with E-state index in [0.717, 1.165) is 23.4 Å². The van der Waals surface area contributed by atoms with Gasteiger partial charge in [0.1, 0.15) is 18.2 Å². The summed E-state index contributed by atoms with van der Waals surface area (Å²) in [4.78, 5) is 28.8. The number of amides is 1. The number of aliphatic hydroxyl groups excluding tert-OH is 1. The lowest BCUT2D eigenvalue weighted by atomic mass is 10.0. The molecule has 0 fully saturated rings. The molecule has 2 aromatic carbocycles. The van der Waals surface area contributed by atoms with Gasteiger partial charge in [0.05, 0.1) is 24.2 Å². The molecule has 2 heterocycles. The molecule has 0 radical (unpaired) electrons. The zero-order chi connectivity index (χ0) is 23.8. The van der Waals surface area contributed by atoms with Crippen molar-refractivity contribution < 1.29 is 28.5 Å². The van der Waals surface area contributed by atoms with Gasteiger partial charge in [-0.1, -0.05) is 12.1 Å². The first-order chi connectivity index (χ1) is 15.7. The Labute approximate surface area is 190 Å². The summed E-state index contributed by atoms with van der Waals surface area (Å²) < 4.78 is 32.5. The number of benzene rings is 2. The average molecular weight is 470 g/mol. The van der Waals surface area contributed by atoms with E-state index in [4.69, 9.17) is 4.74 Å². The fourth-order valence-electron chi connectivity index (χ4n) is 3.83. The smallest absolute Gasteiger partial charge is 0.254 e. The Balaban J connectivity index is 1.64. The summed E-state index contributed by atoms with van der Waals surface area (Å²) in [7, 11) is -3.79. The number of pyridine rings is 1. The van der Waals surface area contributed by atoms with E-state index in [0.29, 0.717) is 18.0 Å². The quantitative estimate of drug-likeness (QED) is 0.568. The molecule has 0 saturated heterocycles. The highest BCUT2D eigenvalue weighted by Gasteiger charge is 2.27. The van der Waals surface area contributed by atoms with Gasteiger partial charge < -0.3 is 19.6 Å². The van der Waals surface area contributed by atoms with Gasteiger partial charge in [0.2, 0.25) is 7.37 Å². The fourth-order valence-corrected chi connectivity index (χ4v) is 4.71. The van der Waals surface area contributed by atoms with Crippen molar-refractivity contribution in [3.05, 3.63) is 76.9 Å². The van der Waals surface area contributed by atoms with Gasteiger partial charge in [0.25, 0.3) is 5.91 Å². The molecule has 1 aliphatic rings. The molecule has 4 rings (SSSR count). The topological polar surface area (TPSA) is 100.0 Å². The van der Waals surface area contributed by atoms with Crippen LogP contribution in [0.3, 0.4) is 0 Å². The predicted molar refractivity (Wildman–Crippen MR) is 122 cm³/mol. The summed E-state index contributed by atoms with van der Waals surface area (Å²) in [5, 5.41) is 8.90. The van der Waals surface area contributed by atoms with Crippen LogP contribution in [0.4, 0.5) is 4.39 Å². The van der Waals surface area contributed by atoms with Gasteiger partial charge in [0, 0.05) is 36.1 Å². The maximum atomic E-state index is 14.8. The molecule has 1 unspecified atom stereocenters. The first-order valence-electron chi connectivity index (χ1n) is 10.4. The van der Waals surface area contributed by atoms with Crippen molar-refractivity contribution in [3.8, 4) is 16.9 Å². The Bertz CT molecular complexity index is 1260. The highest BCUT2D eigenvalue weighted by Crippen LogP contribution is 2.36. The number of carbonyl (C=O) groups is 1. The molecule has 0 bridgehead atoms. The number of rotatable bonds is 4. The molecule has 1 aliphatic heterocycles. The molecular weight excluding hydrogens is 446 g/mol. The summed E-state index contributed by atoms with van der Waals surface area (Å²) in [6, 6.07) is 11.9. The Morgan fingerprint density at radius 3 is 2.64 bits per heavy atom. The first-order valence-corrected chi connectivity index (χ1v) is 12.5. The maximum Gasteiger partial charge on any atom is 0.254 e. The van der Waals surface area contributed by atoms with Crippen molar-refractivity contribution >= 4 is 18.6 Å². The van der Waals surface area contributed by atoms with E-state index in [1.807, 2.05) is 24.3 Å². The highest BCUT2D eigenvalue weighted by atomic mass is 31.2. The second-order valence-corrected chi connectivity index (χ2v) is 10.3.